The van der Waals surface area contributed by atoms with Crippen LogP contribution in [0.25, 0.3) is 0 Å². The van der Waals surface area contributed by atoms with E-state index in [-0.39, 0.29) is 0 Å². The first-order valence-corrected chi connectivity index (χ1v) is 2.91. The van der Waals surface area contributed by atoms with E-state index in [4.69, 9.17) is 4.74 Å². The highest BCUT2D eigenvalue weighted by molar-refractivity contribution is 5.57. The standard InChI is InChI=1S/C6H8N2O2/c1-6(10-2)5(4-9)3-7-8-6/h3H2,1-2H3. The predicted molar refractivity (Wildman–Crippen MR) is 34.3 cm³/mol. The third-order valence-electron chi connectivity index (χ3n) is 1.57. The molecule has 4 nitrogen and oxygen atoms in total. The van der Waals surface area contributed by atoms with E-state index in [0.29, 0.717) is 12.1 Å². The molecule has 0 spiro atoms. The van der Waals surface area contributed by atoms with Crippen LogP contribution in [-0.4, -0.2) is 25.3 Å². The van der Waals surface area contributed by atoms with Gasteiger partial charge in [0.2, 0.25) is 5.72 Å². The van der Waals surface area contributed by atoms with Crippen molar-refractivity contribution in [3.8, 4) is 0 Å². The van der Waals surface area contributed by atoms with Crippen LogP contribution in [0.5, 0.6) is 0 Å². The average molecular weight is 140 g/mol. The largest absolute Gasteiger partial charge is 0.351 e. The van der Waals surface area contributed by atoms with Crippen molar-refractivity contribution in [2.24, 2.45) is 10.2 Å². The van der Waals surface area contributed by atoms with Gasteiger partial charge in [0, 0.05) is 7.11 Å². The molecule has 0 fully saturated rings. The molecule has 0 aromatic heterocycles. The lowest BCUT2D eigenvalue weighted by Crippen LogP contribution is -2.24. The minimum Gasteiger partial charge on any atom is -0.351 e. The van der Waals surface area contributed by atoms with Gasteiger partial charge in [0.05, 0.1) is 12.1 Å². The number of hydrogen-bond acceptors (Lipinski definition) is 4. The number of azo groups is 1. The second kappa shape index (κ2) is 2.33. The molecular formula is C6H8N2O2. The van der Waals surface area contributed by atoms with E-state index in [0.717, 1.165) is 0 Å². The van der Waals surface area contributed by atoms with Crippen molar-refractivity contribution in [2.45, 2.75) is 12.6 Å². The molecule has 54 valence electrons. The van der Waals surface area contributed by atoms with Crippen LogP contribution in [0.1, 0.15) is 6.92 Å². The topological polar surface area (TPSA) is 51.0 Å². The monoisotopic (exact) mass is 140 g/mol. The van der Waals surface area contributed by atoms with Gasteiger partial charge in [0.15, 0.2) is 0 Å². The molecule has 0 N–H and O–H groups in total. The molecule has 10 heavy (non-hydrogen) atoms. The number of ether oxygens (including phenoxy) is 1. The Balaban J connectivity index is 2.95. The van der Waals surface area contributed by atoms with Gasteiger partial charge in [0.1, 0.15) is 5.94 Å². The fraction of sp³-hybridized carbons (Fsp3) is 0.667. The van der Waals surface area contributed by atoms with E-state index in [1.54, 1.807) is 12.9 Å². The third-order valence-corrected chi connectivity index (χ3v) is 1.57. The van der Waals surface area contributed by atoms with Crippen molar-refractivity contribution in [3.63, 3.8) is 0 Å². The molecule has 4 heteroatoms. The lowest BCUT2D eigenvalue weighted by molar-refractivity contribution is 0.0499. The number of carbonyl (C=O) groups excluding carboxylic acids is 1. The molecule has 0 amide bonds. The molecule has 0 aromatic rings. The molecule has 0 aromatic carbocycles. The van der Waals surface area contributed by atoms with Crippen molar-refractivity contribution < 1.29 is 9.53 Å². The number of nitrogens with zero attached hydrogens (tertiary/aromatic N) is 2. The SMILES string of the molecule is COC1(C)N=NCC1=C=O. The Labute approximate surface area is 58.6 Å². The second-order valence-electron chi connectivity index (χ2n) is 2.17. The summed E-state index contributed by atoms with van der Waals surface area (Å²) in [5, 5.41) is 7.40. The number of methoxy groups -OCH3 is 1. The fourth-order valence-corrected chi connectivity index (χ4v) is 0.739. The minimum atomic E-state index is -0.845. The van der Waals surface area contributed by atoms with E-state index in [2.05, 4.69) is 10.2 Å². The quantitative estimate of drug-likeness (QED) is 0.500. The highest BCUT2D eigenvalue weighted by Crippen LogP contribution is 2.25. The Morgan fingerprint density at radius 3 is 2.90 bits per heavy atom. The van der Waals surface area contributed by atoms with Gasteiger partial charge in [-0.3, -0.25) is 0 Å². The summed E-state index contributed by atoms with van der Waals surface area (Å²) in [7, 11) is 1.49. The van der Waals surface area contributed by atoms with E-state index < -0.39 is 5.72 Å². The molecule has 0 saturated carbocycles. The second-order valence-corrected chi connectivity index (χ2v) is 2.17. The van der Waals surface area contributed by atoms with Crippen LogP contribution < -0.4 is 0 Å². The first-order valence-electron chi connectivity index (χ1n) is 2.91. The van der Waals surface area contributed by atoms with Crippen LogP contribution in [0.2, 0.25) is 0 Å². The Morgan fingerprint density at radius 2 is 2.50 bits per heavy atom. The van der Waals surface area contributed by atoms with Gasteiger partial charge in [-0.2, -0.15) is 10.2 Å². The molecule has 1 atom stereocenters. The molecule has 1 heterocycles. The van der Waals surface area contributed by atoms with Crippen LogP contribution in [-0.2, 0) is 9.53 Å². The van der Waals surface area contributed by atoms with Gasteiger partial charge in [-0.1, -0.05) is 0 Å². The normalized spacial score (nSPS) is 30.8. The smallest absolute Gasteiger partial charge is 0.210 e. The molecule has 1 unspecified atom stereocenters. The van der Waals surface area contributed by atoms with Crippen molar-refractivity contribution in [2.75, 3.05) is 13.7 Å². The van der Waals surface area contributed by atoms with Gasteiger partial charge in [-0.05, 0) is 6.92 Å². The number of hydrogen-bond donors (Lipinski definition) is 0. The van der Waals surface area contributed by atoms with Crippen LogP contribution >= 0.6 is 0 Å². The molecule has 0 radical (unpaired) electrons. The van der Waals surface area contributed by atoms with E-state index in [9.17, 15) is 4.79 Å². The van der Waals surface area contributed by atoms with Crippen molar-refractivity contribution >= 4 is 5.94 Å². The highest BCUT2D eigenvalue weighted by atomic mass is 16.5. The van der Waals surface area contributed by atoms with Crippen molar-refractivity contribution in [1.29, 1.82) is 0 Å². The number of rotatable bonds is 1. The van der Waals surface area contributed by atoms with Gasteiger partial charge in [0.25, 0.3) is 0 Å². The maximum absolute atomic E-state index is 10.2. The molecular weight excluding hydrogens is 132 g/mol. The predicted octanol–water partition coefficient (Wildman–Crippen LogP) is 0.573. The molecule has 1 aliphatic rings. The lowest BCUT2D eigenvalue weighted by atomic mass is 10.1. The van der Waals surface area contributed by atoms with Gasteiger partial charge in [-0.15, -0.1) is 0 Å². The molecule has 0 aliphatic carbocycles. The zero-order chi connectivity index (χ0) is 7.61. The van der Waals surface area contributed by atoms with Crippen LogP contribution in [0.15, 0.2) is 15.8 Å². The zero-order valence-corrected chi connectivity index (χ0v) is 5.92. The molecule has 1 rings (SSSR count). The van der Waals surface area contributed by atoms with Gasteiger partial charge in [-0.25, -0.2) is 4.79 Å². The first-order chi connectivity index (χ1) is 4.73. The van der Waals surface area contributed by atoms with Crippen molar-refractivity contribution in [1.82, 2.24) is 0 Å². The van der Waals surface area contributed by atoms with Crippen molar-refractivity contribution in [3.05, 3.63) is 5.57 Å². The third kappa shape index (κ3) is 0.875. The van der Waals surface area contributed by atoms with E-state index in [1.807, 2.05) is 0 Å². The van der Waals surface area contributed by atoms with Crippen LogP contribution in [0.3, 0.4) is 0 Å². The Morgan fingerprint density at radius 1 is 1.80 bits per heavy atom. The summed E-state index contributed by atoms with van der Waals surface area (Å²) < 4.78 is 4.94. The van der Waals surface area contributed by atoms with E-state index in [1.165, 1.54) is 7.11 Å². The molecule has 1 aliphatic heterocycles. The maximum atomic E-state index is 10.2. The Kier molecular flexibility index (Phi) is 1.66. The van der Waals surface area contributed by atoms with Crippen LogP contribution in [0, 0.1) is 0 Å². The Hall–Kier alpha value is -0.990. The first kappa shape index (κ1) is 7.12. The summed E-state index contributed by atoms with van der Waals surface area (Å²) in [5.74, 6) is 1.76. The average Bonchev–Trinajstić information content (AvgIpc) is 2.32. The maximum Gasteiger partial charge on any atom is 0.210 e. The van der Waals surface area contributed by atoms with Crippen LogP contribution in [0.4, 0.5) is 0 Å². The summed E-state index contributed by atoms with van der Waals surface area (Å²) in [5.41, 5.74) is -0.392. The summed E-state index contributed by atoms with van der Waals surface area (Å²) in [6.45, 7) is 2.00. The van der Waals surface area contributed by atoms with Gasteiger partial charge < -0.3 is 4.74 Å². The highest BCUT2D eigenvalue weighted by Gasteiger charge is 2.33. The van der Waals surface area contributed by atoms with Gasteiger partial charge >= 0.3 is 0 Å². The summed E-state index contributed by atoms with van der Waals surface area (Å²) >= 11 is 0. The molecule has 0 bridgehead atoms. The van der Waals surface area contributed by atoms with E-state index >= 15 is 0 Å². The summed E-state index contributed by atoms with van der Waals surface area (Å²) in [6.07, 6.45) is 0. The fourth-order valence-electron chi connectivity index (χ4n) is 0.739. The summed E-state index contributed by atoms with van der Waals surface area (Å²) in [6, 6.07) is 0. The molecule has 0 saturated heterocycles. The summed E-state index contributed by atoms with van der Waals surface area (Å²) in [4.78, 5) is 10.2. The Bertz CT molecular complexity index is 218. The lowest BCUT2D eigenvalue weighted by Gasteiger charge is -2.15. The zero-order valence-electron chi connectivity index (χ0n) is 5.92. The minimum absolute atomic E-state index is 0.313.